The lowest BCUT2D eigenvalue weighted by molar-refractivity contribution is -0.118. The average molecular weight is 450 g/mol. The lowest BCUT2D eigenvalue weighted by Crippen LogP contribution is -2.31. The molecular formula is C24H28FN7O. The number of rotatable bonds is 9. The zero-order valence-electron chi connectivity index (χ0n) is 19.0. The summed E-state index contributed by atoms with van der Waals surface area (Å²) in [6.45, 7) is 3.45. The maximum atomic E-state index is 13.6. The minimum atomic E-state index is -0.380. The Morgan fingerprint density at radius 3 is 2.70 bits per heavy atom. The number of carbonyl (C=O) groups is 1. The normalized spacial score (nSPS) is 12.3. The molecule has 0 aliphatic heterocycles. The number of carbonyl (C=O) groups excluding carboxylic acids is 1. The summed E-state index contributed by atoms with van der Waals surface area (Å²) in [5, 5.41) is 2.92. The van der Waals surface area contributed by atoms with E-state index in [9.17, 15) is 9.18 Å². The van der Waals surface area contributed by atoms with Crippen LogP contribution in [0, 0.1) is 5.82 Å². The van der Waals surface area contributed by atoms with Gasteiger partial charge in [0, 0.05) is 38.1 Å². The van der Waals surface area contributed by atoms with Gasteiger partial charge in [0.05, 0.1) is 17.9 Å². The molecule has 33 heavy (non-hydrogen) atoms. The molecule has 0 spiro atoms. The van der Waals surface area contributed by atoms with Crippen LogP contribution in [0.1, 0.15) is 23.7 Å². The van der Waals surface area contributed by atoms with E-state index < -0.39 is 0 Å². The number of aromatic nitrogens is 3. The van der Waals surface area contributed by atoms with Gasteiger partial charge >= 0.3 is 0 Å². The first-order valence-electron chi connectivity index (χ1n) is 10.6. The number of amides is 1. The number of pyridine rings is 1. The number of benzene rings is 1. The molecule has 0 aliphatic rings. The van der Waals surface area contributed by atoms with Gasteiger partial charge in [-0.05, 0) is 68.1 Å². The van der Waals surface area contributed by atoms with Gasteiger partial charge in [-0.1, -0.05) is 0 Å². The standard InChI is InChI=1S/C24H28FN7O/c1-4-32-12-10-17(15-31(3)16-22(26)33)13-23(32)30-21(18-5-7-19(25)8-6-18)14-20-9-11-28-24(27-2)29-20/h5-14H,4,15-16H2,1-3H3,(H2,26,33)(H,27,28,29)/b21-14+,30-23?. The van der Waals surface area contributed by atoms with Crippen molar-refractivity contribution in [2.45, 2.75) is 20.0 Å². The average Bonchev–Trinajstić information content (AvgIpc) is 2.79. The number of hydrogen-bond donors (Lipinski definition) is 2. The van der Waals surface area contributed by atoms with Crippen LogP contribution in [0.25, 0.3) is 11.8 Å². The predicted molar refractivity (Wildman–Crippen MR) is 127 cm³/mol. The van der Waals surface area contributed by atoms with E-state index in [0.717, 1.165) is 16.6 Å². The van der Waals surface area contributed by atoms with Gasteiger partial charge in [-0.3, -0.25) is 9.69 Å². The predicted octanol–water partition coefficient (Wildman–Crippen LogP) is 2.49. The number of hydrogen-bond acceptors (Lipinski definition) is 6. The van der Waals surface area contributed by atoms with Crippen LogP contribution < -0.4 is 16.5 Å². The summed E-state index contributed by atoms with van der Waals surface area (Å²) < 4.78 is 15.6. The van der Waals surface area contributed by atoms with Crippen molar-refractivity contribution in [2.24, 2.45) is 10.7 Å². The molecule has 2 heterocycles. The minimum absolute atomic E-state index is 0.164. The number of nitrogens with one attached hydrogen (secondary N) is 1. The molecule has 1 amide bonds. The number of halogens is 1. The van der Waals surface area contributed by atoms with Crippen molar-refractivity contribution < 1.29 is 9.18 Å². The van der Waals surface area contributed by atoms with Crippen molar-refractivity contribution in [3.63, 3.8) is 0 Å². The minimum Gasteiger partial charge on any atom is -0.369 e. The highest BCUT2D eigenvalue weighted by Crippen LogP contribution is 2.19. The van der Waals surface area contributed by atoms with Gasteiger partial charge in [-0.2, -0.15) is 0 Å². The quantitative estimate of drug-likeness (QED) is 0.523. The highest BCUT2D eigenvalue weighted by Gasteiger charge is 2.07. The first-order chi connectivity index (χ1) is 15.9. The van der Waals surface area contributed by atoms with Crippen LogP contribution in [0.2, 0.25) is 0 Å². The monoisotopic (exact) mass is 449 g/mol. The Hall–Kier alpha value is -3.85. The van der Waals surface area contributed by atoms with E-state index in [0.29, 0.717) is 30.4 Å². The second kappa shape index (κ2) is 11.1. The number of nitrogens with zero attached hydrogens (tertiary/aromatic N) is 5. The second-order valence-electron chi connectivity index (χ2n) is 7.52. The van der Waals surface area contributed by atoms with Crippen LogP contribution in [0.15, 0.2) is 59.9 Å². The second-order valence-corrected chi connectivity index (χ2v) is 7.52. The lowest BCUT2D eigenvalue weighted by Gasteiger charge is -2.15. The fourth-order valence-corrected chi connectivity index (χ4v) is 3.29. The smallest absolute Gasteiger partial charge is 0.231 e. The van der Waals surface area contributed by atoms with Gasteiger partial charge in [0.15, 0.2) is 0 Å². The van der Waals surface area contributed by atoms with Crippen molar-refractivity contribution in [2.75, 3.05) is 26.0 Å². The van der Waals surface area contributed by atoms with Crippen molar-refractivity contribution >= 4 is 23.6 Å². The molecule has 0 aliphatic carbocycles. The SMILES string of the molecule is CCn1ccc(CN(C)CC(N)=O)cc1=N/C(=C/c1ccnc(NC)n1)c1ccc(F)cc1. The zero-order valence-corrected chi connectivity index (χ0v) is 19.0. The van der Waals surface area contributed by atoms with E-state index in [1.165, 1.54) is 12.1 Å². The van der Waals surface area contributed by atoms with Gasteiger partial charge in [0.1, 0.15) is 11.3 Å². The molecule has 1 aromatic carbocycles. The van der Waals surface area contributed by atoms with Crippen molar-refractivity contribution in [3.05, 3.63) is 83.0 Å². The van der Waals surface area contributed by atoms with E-state index >= 15 is 0 Å². The fourth-order valence-electron chi connectivity index (χ4n) is 3.29. The van der Waals surface area contributed by atoms with E-state index in [2.05, 4.69) is 15.3 Å². The molecule has 8 nitrogen and oxygen atoms in total. The Labute approximate surface area is 192 Å². The van der Waals surface area contributed by atoms with Crippen molar-refractivity contribution in [1.29, 1.82) is 0 Å². The number of aryl methyl sites for hydroxylation is 1. The largest absolute Gasteiger partial charge is 0.369 e. The molecule has 3 rings (SSSR count). The summed E-state index contributed by atoms with van der Waals surface area (Å²) in [4.78, 5) is 26.6. The third kappa shape index (κ3) is 6.81. The maximum Gasteiger partial charge on any atom is 0.231 e. The van der Waals surface area contributed by atoms with E-state index in [1.807, 2.05) is 47.8 Å². The van der Waals surface area contributed by atoms with E-state index in [-0.39, 0.29) is 18.3 Å². The zero-order chi connectivity index (χ0) is 23.8. The first-order valence-corrected chi connectivity index (χ1v) is 10.6. The molecule has 3 aromatic rings. The summed E-state index contributed by atoms with van der Waals surface area (Å²) in [5.41, 5.74) is 9.05. The molecule has 0 fully saturated rings. The molecule has 0 bridgehead atoms. The third-order valence-electron chi connectivity index (χ3n) is 4.86. The molecule has 9 heteroatoms. The van der Waals surface area contributed by atoms with Crippen LogP contribution in [-0.2, 0) is 17.9 Å². The van der Waals surface area contributed by atoms with Gasteiger partial charge in [-0.15, -0.1) is 0 Å². The van der Waals surface area contributed by atoms with Crippen LogP contribution >= 0.6 is 0 Å². The van der Waals surface area contributed by atoms with Gasteiger partial charge in [0.2, 0.25) is 11.9 Å². The molecule has 172 valence electrons. The van der Waals surface area contributed by atoms with E-state index in [1.54, 1.807) is 31.4 Å². The van der Waals surface area contributed by atoms with Gasteiger partial charge in [0.25, 0.3) is 0 Å². The molecule has 2 aromatic heterocycles. The fraction of sp³-hybridized carbons (Fsp3) is 0.250. The third-order valence-corrected chi connectivity index (χ3v) is 4.86. The Morgan fingerprint density at radius 1 is 1.27 bits per heavy atom. The summed E-state index contributed by atoms with van der Waals surface area (Å²) in [6, 6.07) is 11.9. The number of nitrogens with two attached hydrogens (primary N) is 1. The lowest BCUT2D eigenvalue weighted by atomic mass is 10.1. The summed E-state index contributed by atoms with van der Waals surface area (Å²) in [6.07, 6.45) is 5.45. The Bertz CT molecular complexity index is 1200. The molecule has 0 radical (unpaired) electrons. The topological polar surface area (TPSA) is 101 Å². The Morgan fingerprint density at radius 2 is 2.03 bits per heavy atom. The summed E-state index contributed by atoms with van der Waals surface area (Å²) in [7, 11) is 3.58. The first kappa shape index (κ1) is 23.8. The molecule has 3 N–H and O–H groups in total. The van der Waals surface area contributed by atoms with Crippen LogP contribution in [0.5, 0.6) is 0 Å². The highest BCUT2D eigenvalue weighted by atomic mass is 19.1. The summed E-state index contributed by atoms with van der Waals surface area (Å²) in [5.74, 6) is -0.208. The molecule has 0 saturated heterocycles. The molecule has 0 saturated carbocycles. The van der Waals surface area contributed by atoms with Crippen molar-refractivity contribution in [3.8, 4) is 0 Å². The molecular weight excluding hydrogens is 421 g/mol. The Balaban J connectivity index is 2.10. The van der Waals surface area contributed by atoms with Crippen LogP contribution in [0.3, 0.4) is 0 Å². The maximum absolute atomic E-state index is 13.6. The number of anilines is 1. The van der Waals surface area contributed by atoms with Gasteiger partial charge in [-0.25, -0.2) is 19.4 Å². The molecule has 0 unspecified atom stereocenters. The number of likely N-dealkylation sites (N-methyl/N-ethyl adjacent to an activating group) is 1. The van der Waals surface area contributed by atoms with Crippen LogP contribution in [0.4, 0.5) is 10.3 Å². The van der Waals surface area contributed by atoms with E-state index in [4.69, 9.17) is 10.7 Å². The number of primary amides is 1. The van der Waals surface area contributed by atoms with Crippen molar-refractivity contribution in [1.82, 2.24) is 19.4 Å². The molecule has 0 atom stereocenters. The summed E-state index contributed by atoms with van der Waals surface area (Å²) >= 11 is 0. The Kier molecular flexibility index (Phi) is 8.04. The highest BCUT2D eigenvalue weighted by molar-refractivity contribution is 5.79. The van der Waals surface area contributed by atoms with Crippen LogP contribution in [-0.4, -0.2) is 46.0 Å². The van der Waals surface area contributed by atoms with Gasteiger partial charge < -0.3 is 15.6 Å².